The van der Waals surface area contributed by atoms with Crippen LogP contribution >= 0.6 is 0 Å². The summed E-state index contributed by atoms with van der Waals surface area (Å²) in [5.74, 6) is 0. The molecular formula is C38H32Si2. The summed E-state index contributed by atoms with van der Waals surface area (Å²) in [6.07, 6.45) is 0. The Balaban J connectivity index is 1.39. The van der Waals surface area contributed by atoms with Gasteiger partial charge in [0.15, 0.2) is 0 Å². The third-order valence-electron chi connectivity index (χ3n) is 9.69. The Morgan fingerprint density at radius 2 is 0.700 bits per heavy atom. The number of fused-ring (bicyclic) bond motifs is 4. The molecule has 0 spiro atoms. The average molecular weight is 545 g/mol. The predicted octanol–water partition coefficient (Wildman–Crippen LogP) is 7.78. The van der Waals surface area contributed by atoms with Gasteiger partial charge in [-0.15, -0.1) is 0 Å². The van der Waals surface area contributed by atoms with Crippen LogP contribution in [0.15, 0.2) is 121 Å². The molecule has 6 aromatic rings. The molecule has 192 valence electrons. The van der Waals surface area contributed by atoms with Gasteiger partial charge in [-0.25, -0.2) is 0 Å². The number of hydrogen-bond acceptors (Lipinski definition) is 0. The second kappa shape index (κ2) is 8.26. The van der Waals surface area contributed by atoms with E-state index < -0.39 is 16.1 Å². The number of rotatable bonds is 2. The molecule has 2 heterocycles. The molecule has 0 atom stereocenters. The lowest BCUT2D eigenvalue weighted by molar-refractivity contribution is 1.58. The van der Waals surface area contributed by atoms with Gasteiger partial charge in [0.2, 0.25) is 0 Å². The normalized spacial score (nSPS) is 15.4. The molecule has 0 fully saturated rings. The molecule has 0 N–H and O–H groups in total. The molecule has 0 saturated heterocycles. The van der Waals surface area contributed by atoms with Crippen LogP contribution < -0.4 is 20.7 Å². The van der Waals surface area contributed by atoms with E-state index in [4.69, 9.17) is 0 Å². The third kappa shape index (κ3) is 3.18. The highest BCUT2D eigenvalue weighted by atomic mass is 28.3. The van der Waals surface area contributed by atoms with Crippen LogP contribution in [-0.4, -0.2) is 16.1 Å². The Morgan fingerprint density at radius 1 is 0.325 bits per heavy atom. The minimum atomic E-state index is -1.94. The molecule has 0 unspecified atom stereocenters. The standard InChI is InChI=1S/C38H32Si2/c1-39(2)33-21-22-34-38-32(30-18-16-28(24-36(30)40(34,3)4)26-13-9-6-10-14-26)20-19-31(37(33)38)29-17-15-27(23-35(29)39)25-11-7-5-8-12-25/h5-24H,1-4H3. The Hall–Kier alpha value is -3.99. The van der Waals surface area contributed by atoms with Gasteiger partial charge in [-0.1, -0.05) is 148 Å². The lowest BCUT2D eigenvalue weighted by Crippen LogP contribution is -2.59. The first-order chi connectivity index (χ1) is 19.4. The van der Waals surface area contributed by atoms with Crippen LogP contribution in [0.3, 0.4) is 0 Å². The summed E-state index contributed by atoms with van der Waals surface area (Å²) in [4.78, 5) is 0. The van der Waals surface area contributed by atoms with E-state index in [2.05, 4.69) is 148 Å². The minimum Gasteiger partial charge on any atom is -0.0622 e. The van der Waals surface area contributed by atoms with Crippen LogP contribution in [0.5, 0.6) is 0 Å². The minimum absolute atomic E-state index is 1.30. The molecule has 0 aromatic heterocycles. The molecule has 2 aliphatic heterocycles. The van der Waals surface area contributed by atoms with Crippen molar-refractivity contribution < 1.29 is 0 Å². The summed E-state index contributed by atoms with van der Waals surface area (Å²) in [5, 5.41) is 9.37. The zero-order valence-corrected chi connectivity index (χ0v) is 25.5. The summed E-state index contributed by atoms with van der Waals surface area (Å²) in [7, 11) is -3.87. The van der Waals surface area contributed by atoms with E-state index in [9.17, 15) is 0 Å². The van der Waals surface area contributed by atoms with E-state index in [1.165, 1.54) is 55.3 Å². The van der Waals surface area contributed by atoms with Gasteiger partial charge < -0.3 is 0 Å². The maximum Gasteiger partial charge on any atom is 0.113 e. The van der Waals surface area contributed by atoms with Crippen molar-refractivity contribution in [1.29, 1.82) is 0 Å². The molecule has 0 bridgehead atoms. The molecule has 6 aromatic carbocycles. The van der Waals surface area contributed by atoms with Crippen molar-refractivity contribution in [2.75, 3.05) is 0 Å². The highest BCUT2D eigenvalue weighted by molar-refractivity contribution is 7.05. The van der Waals surface area contributed by atoms with Crippen molar-refractivity contribution in [3.8, 4) is 44.5 Å². The highest BCUT2D eigenvalue weighted by Gasteiger charge is 2.41. The van der Waals surface area contributed by atoms with Crippen LogP contribution in [0.4, 0.5) is 0 Å². The van der Waals surface area contributed by atoms with Crippen molar-refractivity contribution in [3.05, 3.63) is 121 Å². The van der Waals surface area contributed by atoms with E-state index in [1.807, 2.05) is 0 Å². The molecule has 0 amide bonds. The van der Waals surface area contributed by atoms with E-state index in [0.29, 0.717) is 0 Å². The monoisotopic (exact) mass is 544 g/mol. The SMILES string of the molecule is C[Si]1(C)c2cc(-c3ccccc3)ccc2-c2ccc3c4c(ccc1c24)[Si](C)(C)c1cc(-c2ccccc2)ccc1-3. The van der Waals surface area contributed by atoms with E-state index in [1.54, 1.807) is 20.7 Å². The molecule has 0 aliphatic carbocycles. The predicted molar refractivity (Wildman–Crippen MR) is 179 cm³/mol. The van der Waals surface area contributed by atoms with Crippen molar-refractivity contribution in [2.45, 2.75) is 26.2 Å². The Morgan fingerprint density at radius 3 is 1.10 bits per heavy atom. The fourth-order valence-electron chi connectivity index (χ4n) is 7.49. The third-order valence-corrected chi connectivity index (χ3v) is 16.7. The van der Waals surface area contributed by atoms with Crippen LogP contribution in [0.25, 0.3) is 55.3 Å². The van der Waals surface area contributed by atoms with Crippen LogP contribution in [-0.2, 0) is 0 Å². The average Bonchev–Trinajstić information content (AvgIpc) is 2.99. The van der Waals surface area contributed by atoms with E-state index in [-0.39, 0.29) is 0 Å². The first-order valence-electron chi connectivity index (χ1n) is 14.4. The molecule has 2 heteroatoms. The van der Waals surface area contributed by atoms with Crippen molar-refractivity contribution in [3.63, 3.8) is 0 Å². The fraction of sp³-hybridized carbons (Fsp3) is 0.105. The highest BCUT2D eigenvalue weighted by Crippen LogP contribution is 2.41. The molecule has 0 nitrogen and oxygen atoms in total. The van der Waals surface area contributed by atoms with Gasteiger partial charge in [-0.2, -0.15) is 0 Å². The summed E-state index contributed by atoms with van der Waals surface area (Å²) in [5.41, 5.74) is 11.0. The Kier molecular flexibility index (Phi) is 4.93. The van der Waals surface area contributed by atoms with E-state index in [0.717, 1.165) is 0 Å². The molecule has 8 rings (SSSR count). The number of benzene rings is 6. The van der Waals surface area contributed by atoms with Gasteiger partial charge in [0.05, 0.1) is 0 Å². The maximum absolute atomic E-state index is 2.55. The van der Waals surface area contributed by atoms with Gasteiger partial charge in [0.1, 0.15) is 16.1 Å². The zero-order chi connectivity index (χ0) is 27.2. The first kappa shape index (κ1) is 23.9. The molecule has 2 aliphatic rings. The lowest BCUT2D eigenvalue weighted by Gasteiger charge is -2.39. The van der Waals surface area contributed by atoms with Gasteiger partial charge in [-0.3, -0.25) is 0 Å². The van der Waals surface area contributed by atoms with Crippen LogP contribution in [0.2, 0.25) is 26.2 Å². The van der Waals surface area contributed by atoms with Gasteiger partial charge >= 0.3 is 0 Å². The first-order valence-corrected chi connectivity index (χ1v) is 20.4. The van der Waals surface area contributed by atoms with Gasteiger partial charge in [-0.05, 0) is 76.0 Å². The summed E-state index contributed by atoms with van der Waals surface area (Å²) >= 11 is 0. The zero-order valence-electron chi connectivity index (χ0n) is 23.5. The van der Waals surface area contributed by atoms with Crippen molar-refractivity contribution in [2.24, 2.45) is 0 Å². The molecule has 0 saturated carbocycles. The van der Waals surface area contributed by atoms with Gasteiger partial charge in [0, 0.05) is 0 Å². The van der Waals surface area contributed by atoms with Crippen LogP contribution in [0, 0.1) is 0 Å². The van der Waals surface area contributed by atoms with E-state index >= 15 is 0 Å². The Labute approximate surface area is 239 Å². The second-order valence-electron chi connectivity index (χ2n) is 12.6. The summed E-state index contributed by atoms with van der Waals surface area (Å²) in [6.45, 7) is 10.2. The Bertz CT molecular complexity index is 1840. The topological polar surface area (TPSA) is 0 Å². The van der Waals surface area contributed by atoms with Crippen LogP contribution in [0.1, 0.15) is 0 Å². The lowest BCUT2D eigenvalue weighted by atomic mass is 9.89. The molecule has 40 heavy (non-hydrogen) atoms. The summed E-state index contributed by atoms with van der Waals surface area (Å²) in [6, 6.07) is 46.0. The molecular weight excluding hydrogens is 513 g/mol. The smallest absolute Gasteiger partial charge is 0.0622 e. The quantitative estimate of drug-likeness (QED) is 0.195. The van der Waals surface area contributed by atoms with Crippen molar-refractivity contribution >= 4 is 47.7 Å². The largest absolute Gasteiger partial charge is 0.113 e. The number of hydrogen-bond donors (Lipinski definition) is 0. The summed E-state index contributed by atoms with van der Waals surface area (Å²) < 4.78 is 0. The fourth-order valence-corrected chi connectivity index (χ4v) is 13.7. The second-order valence-corrected chi connectivity index (χ2v) is 21.2. The molecule has 0 radical (unpaired) electrons. The van der Waals surface area contributed by atoms with Crippen molar-refractivity contribution in [1.82, 2.24) is 0 Å². The maximum atomic E-state index is 2.55. The van der Waals surface area contributed by atoms with Gasteiger partial charge in [0.25, 0.3) is 0 Å².